The molecule has 8 heteroatoms. The number of nitro groups is 1. The Balaban J connectivity index is 1.87. The third-order valence-electron chi connectivity index (χ3n) is 3.91. The first kappa shape index (κ1) is 17.2. The number of nitro benzene ring substituents is 1. The van der Waals surface area contributed by atoms with E-state index in [4.69, 9.17) is 4.74 Å². The molecule has 0 aliphatic rings. The number of carbonyl (C=O) groups excluding carboxylic acids is 1. The molecule has 8 nitrogen and oxygen atoms in total. The molecule has 0 aliphatic carbocycles. The Kier molecular flexibility index (Phi) is 4.66. The number of aromatic nitrogens is 2. The fourth-order valence-electron chi connectivity index (χ4n) is 2.72. The Morgan fingerprint density at radius 1 is 1.38 bits per heavy atom. The van der Waals surface area contributed by atoms with E-state index < -0.39 is 4.92 Å². The highest BCUT2D eigenvalue weighted by Gasteiger charge is 2.18. The number of rotatable bonds is 6. The molecule has 3 aromatic rings. The lowest BCUT2D eigenvalue weighted by Gasteiger charge is -2.09. The van der Waals surface area contributed by atoms with Crippen LogP contribution in [-0.4, -0.2) is 22.5 Å². The van der Waals surface area contributed by atoms with Gasteiger partial charge in [-0.05, 0) is 18.2 Å². The molecule has 0 bridgehead atoms. The molecule has 0 saturated heterocycles. The Morgan fingerprint density at radius 2 is 2.15 bits per heavy atom. The molecule has 0 unspecified atom stereocenters. The van der Waals surface area contributed by atoms with Gasteiger partial charge in [-0.3, -0.25) is 14.9 Å². The summed E-state index contributed by atoms with van der Waals surface area (Å²) < 4.78 is 8.75. The van der Waals surface area contributed by atoms with Gasteiger partial charge in [0.05, 0.1) is 23.9 Å². The summed E-state index contributed by atoms with van der Waals surface area (Å²) in [6.07, 6.45) is 3.42. The van der Waals surface area contributed by atoms with Gasteiger partial charge in [-0.15, -0.1) is 0 Å². The van der Waals surface area contributed by atoms with Crippen LogP contribution in [0.25, 0.3) is 17.2 Å². The predicted octanol–water partition coefficient (Wildman–Crippen LogP) is 2.58. The summed E-state index contributed by atoms with van der Waals surface area (Å²) in [7, 11) is 1.43. The minimum absolute atomic E-state index is 0.0349. The van der Waals surface area contributed by atoms with E-state index in [1.807, 2.05) is 28.8 Å². The number of nitrogens with zero attached hydrogens (tertiary/aromatic N) is 3. The zero-order chi connectivity index (χ0) is 18.7. The number of anilines is 1. The van der Waals surface area contributed by atoms with Gasteiger partial charge < -0.3 is 10.1 Å². The first-order valence-electron chi connectivity index (χ1n) is 7.77. The maximum Gasteiger partial charge on any atom is 0.271 e. The lowest BCUT2D eigenvalue weighted by molar-refractivity contribution is -0.658. The van der Waals surface area contributed by atoms with Crippen molar-refractivity contribution in [1.29, 1.82) is 0 Å². The van der Waals surface area contributed by atoms with E-state index in [2.05, 4.69) is 11.9 Å². The monoisotopic (exact) mass is 353 g/mol. The van der Waals surface area contributed by atoms with Crippen LogP contribution < -0.4 is 14.6 Å². The van der Waals surface area contributed by atoms with Gasteiger partial charge in [-0.2, -0.15) is 0 Å². The van der Waals surface area contributed by atoms with Crippen LogP contribution in [0.2, 0.25) is 0 Å². The SMILES string of the molecule is C=Cn1c[n+](CC(=O)Nc2cc([N+](=O)[O-])ccc2OC)c2ccccc21. The van der Waals surface area contributed by atoms with Crippen LogP contribution in [0.5, 0.6) is 5.75 Å². The largest absolute Gasteiger partial charge is 0.495 e. The molecular weight excluding hydrogens is 336 g/mol. The summed E-state index contributed by atoms with van der Waals surface area (Å²) in [6.45, 7) is 3.79. The van der Waals surface area contributed by atoms with Gasteiger partial charge in [0, 0.05) is 12.1 Å². The quantitative estimate of drug-likeness (QED) is 0.419. The maximum atomic E-state index is 12.5. The van der Waals surface area contributed by atoms with Crippen LogP contribution in [0.3, 0.4) is 0 Å². The van der Waals surface area contributed by atoms with E-state index in [0.717, 1.165) is 11.0 Å². The number of nitrogens with one attached hydrogen (secondary N) is 1. The van der Waals surface area contributed by atoms with Gasteiger partial charge >= 0.3 is 0 Å². The number of non-ortho nitro benzene ring substituents is 1. The van der Waals surface area contributed by atoms with Crippen molar-refractivity contribution < 1.29 is 19.0 Å². The van der Waals surface area contributed by atoms with E-state index in [1.165, 1.54) is 25.3 Å². The van der Waals surface area contributed by atoms with Crippen LogP contribution in [-0.2, 0) is 11.3 Å². The number of carbonyl (C=O) groups is 1. The summed E-state index contributed by atoms with van der Waals surface area (Å²) in [5.74, 6) is 0.0169. The average molecular weight is 353 g/mol. The molecule has 0 aliphatic heterocycles. The highest BCUT2D eigenvalue weighted by molar-refractivity contribution is 5.92. The fourth-order valence-corrected chi connectivity index (χ4v) is 2.72. The lowest BCUT2D eigenvalue weighted by atomic mass is 10.2. The molecule has 0 atom stereocenters. The van der Waals surface area contributed by atoms with Crippen molar-refractivity contribution >= 4 is 34.5 Å². The molecule has 132 valence electrons. The Hall–Kier alpha value is -3.68. The maximum absolute atomic E-state index is 12.5. The van der Waals surface area contributed by atoms with Crippen LogP contribution in [0.4, 0.5) is 11.4 Å². The van der Waals surface area contributed by atoms with Crippen molar-refractivity contribution in [3.05, 3.63) is 65.5 Å². The van der Waals surface area contributed by atoms with Crippen molar-refractivity contribution in [1.82, 2.24) is 4.57 Å². The average Bonchev–Trinajstić information content (AvgIpc) is 2.99. The summed E-state index contributed by atoms with van der Waals surface area (Å²) in [4.78, 5) is 22.9. The van der Waals surface area contributed by atoms with Crippen molar-refractivity contribution in [2.45, 2.75) is 6.54 Å². The molecule has 1 aromatic heterocycles. The molecule has 1 heterocycles. The van der Waals surface area contributed by atoms with Crippen LogP contribution in [0.1, 0.15) is 0 Å². The number of para-hydroxylation sites is 2. The number of methoxy groups -OCH3 is 1. The van der Waals surface area contributed by atoms with E-state index in [1.54, 1.807) is 17.1 Å². The van der Waals surface area contributed by atoms with Crippen molar-refractivity contribution in [2.75, 3.05) is 12.4 Å². The van der Waals surface area contributed by atoms with Gasteiger partial charge in [0.2, 0.25) is 6.33 Å². The second kappa shape index (κ2) is 7.06. The standard InChI is InChI=1S/C18H16N4O4/c1-3-20-12-21(16-7-5-4-6-15(16)20)11-18(23)19-14-10-13(22(24)25)8-9-17(14)26-2/h3-10,12H,1,11H2,2H3/p+1. The predicted molar refractivity (Wildman–Crippen MR) is 96.8 cm³/mol. The normalized spacial score (nSPS) is 10.5. The zero-order valence-electron chi connectivity index (χ0n) is 14.1. The molecule has 0 radical (unpaired) electrons. The lowest BCUT2D eigenvalue weighted by Crippen LogP contribution is -2.39. The molecule has 26 heavy (non-hydrogen) atoms. The van der Waals surface area contributed by atoms with E-state index >= 15 is 0 Å². The van der Waals surface area contributed by atoms with Crippen molar-refractivity contribution in [3.8, 4) is 5.75 Å². The number of ether oxygens (including phenoxy) is 1. The van der Waals surface area contributed by atoms with E-state index in [-0.39, 0.29) is 23.8 Å². The number of imidazole rings is 1. The number of hydrogen-bond donors (Lipinski definition) is 1. The van der Waals surface area contributed by atoms with E-state index in [0.29, 0.717) is 5.75 Å². The van der Waals surface area contributed by atoms with Gasteiger partial charge in [0.1, 0.15) is 5.75 Å². The molecular formula is C18H17N4O4+. The molecule has 0 saturated carbocycles. The Bertz CT molecular complexity index is 1010. The molecule has 0 fully saturated rings. The van der Waals surface area contributed by atoms with Crippen LogP contribution in [0.15, 0.2) is 55.4 Å². The summed E-state index contributed by atoms with van der Waals surface area (Å²) in [5, 5.41) is 13.6. The molecule has 2 aromatic carbocycles. The van der Waals surface area contributed by atoms with Gasteiger partial charge in [-0.1, -0.05) is 18.7 Å². The second-order valence-electron chi connectivity index (χ2n) is 5.51. The number of hydrogen-bond acceptors (Lipinski definition) is 4. The molecule has 1 amide bonds. The first-order valence-corrected chi connectivity index (χ1v) is 7.77. The van der Waals surface area contributed by atoms with Gasteiger partial charge in [-0.25, -0.2) is 9.13 Å². The van der Waals surface area contributed by atoms with E-state index in [9.17, 15) is 14.9 Å². The molecule has 0 spiro atoms. The number of amides is 1. The van der Waals surface area contributed by atoms with Crippen molar-refractivity contribution in [2.24, 2.45) is 0 Å². The fraction of sp³-hybridized carbons (Fsp3) is 0.111. The Morgan fingerprint density at radius 3 is 2.85 bits per heavy atom. The molecule has 3 rings (SSSR count). The number of fused-ring (bicyclic) bond motifs is 1. The van der Waals surface area contributed by atoms with Crippen LogP contribution in [0, 0.1) is 10.1 Å². The topological polar surface area (TPSA) is 90.3 Å². The van der Waals surface area contributed by atoms with Crippen molar-refractivity contribution in [3.63, 3.8) is 0 Å². The summed E-state index contributed by atoms with van der Waals surface area (Å²) in [6, 6.07) is 11.7. The second-order valence-corrected chi connectivity index (χ2v) is 5.51. The molecule has 1 N–H and O–H groups in total. The Labute approximate surface area is 149 Å². The summed E-state index contributed by atoms with van der Waals surface area (Å²) in [5.41, 5.74) is 1.91. The minimum Gasteiger partial charge on any atom is -0.495 e. The smallest absolute Gasteiger partial charge is 0.271 e. The van der Waals surface area contributed by atoms with Gasteiger partial charge in [0.15, 0.2) is 17.6 Å². The summed E-state index contributed by atoms with van der Waals surface area (Å²) >= 11 is 0. The zero-order valence-corrected chi connectivity index (χ0v) is 14.1. The first-order chi connectivity index (χ1) is 12.5. The van der Waals surface area contributed by atoms with Crippen LogP contribution >= 0.6 is 0 Å². The third-order valence-corrected chi connectivity index (χ3v) is 3.91. The minimum atomic E-state index is -0.526. The highest BCUT2D eigenvalue weighted by Crippen LogP contribution is 2.28. The third kappa shape index (κ3) is 3.25. The van der Waals surface area contributed by atoms with Gasteiger partial charge in [0.25, 0.3) is 11.6 Å². The number of benzene rings is 2. The highest BCUT2D eigenvalue weighted by atomic mass is 16.6.